The summed E-state index contributed by atoms with van der Waals surface area (Å²) in [7, 11) is 1.61. The van der Waals surface area contributed by atoms with E-state index in [1.807, 2.05) is 45.0 Å². The van der Waals surface area contributed by atoms with Gasteiger partial charge >= 0.3 is 0 Å². The molecule has 3 amide bonds. The van der Waals surface area contributed by atoms with E-state index in [0.717, 1.165) is 42.2 Å². The van der Waals surface area contributed by atoms with Gasteiger partial charge in [0.2, 0.25) is 0 Å². The zero-order valence-electron chi connectivity index (χ0n) is 24.0. The highest BCUT2D eigenvalue weighted by atomic mass is 16.5. The summed E-state index contributed by atoms with van der Waals surface area (Å²) in [5, 5.41) is 8.95. The van der Waals surface area contributed by atoms with Gasteiger partial charge in [-0.05, 0) is 94.2 Å². The van der Waals surface area contributed by atoms with Crippen molar-refractivity contribution in [2.75, 3.05) is 38.6 Å². The number of likely N-dealkylation sites (tertiary alicyclic amines) is 1. The van der Waals surface area contributed by atoms with Gasteiger partial charge in [0.25, 0.3) is 17.7 Å². The summed E-state index contributed by atoms with van der Waals surface area (Å²) >= 11 is 0. The molecule has 0 bridgehead atoms. The Bertz CT molecular complexity index is 1500. The van der Waals surface area contributed by atoms with Gasteiger partial charge in [0.15, 0.2) is 0 Å². The number of ether oxygens (including phenoxy) is 1. The van der Waals surface area contributed by atoms with Crippen LogP contribution in [0.5, 0.6) is 5.75 Å². The van der Waals surface area contributed by atoms with Gasteiger partial charge in [0, 0.05) is 41.3 Å². The van der Waals surface area contributed by atoms with Crippen molar-refractivity contribution in [2.45, 2.75) is 39.7 Å². The van der Waals surface area contributed by atoms with E-state index >= 15 is 0 Å². The molecule has 3 aromatic rings. The van der Waals surface area contributed by atoms with Crippen LogP contribution in [-0.4, -0.2) is 60.9 Å². The lowest BCUT2D eigenvalue weighted by Gasteiger charge is -2.15. The quantitative estimate of drug-likeness (QED) is 0.291. The van der Waals surface area contributed by atoms with Crippen LogP contribution in [0.15, 0.2) is 42.5 Å². The van der Waals surface area contributed by atoms with Crippen molar-refractivity contribution in [3.05, 3.63) is 81.7 Å². The molecule has 1 fully saturated rings. The van der Waals surface area contributed by atoms with Gasteiger partial charge in [-0.25, -0.2) is 0 Å². The van der Waals surface area contributed by atoms with Gasteiger partial charge < -0.3 is 30.6 Å². The minimum atomic E-state index is -0.257. The standard InChI is InChI=1S/C32H37N5O4/c1-19-28(34-21(3)29(19)32(40)33-13-16-37-14-5-6-15-37)18-26-25-17-23(9-12-27(25)36-31(26)39)30(38)35-20(2)22-7-10-24(41-4)11-8-22/h7-12,17-18,20,34H,5-6,13-16H2,1-4H3,(H,33,40)(H,35,38)(H,36,39). The number of amides is 3. The molecule has 214 valence electrons. The third-order valence-electron chi connectivity index (χ3n) is 7.93. The van der Waals surface area contributed by atoms with Crippen molar-refractivity contribution in [3.8, 4) is 5.75 Å². The Kier molecular flexibility index (Phi) is 8.26. The van der Waals surface area contributed by atoms with Crippen molar-refractivity contribution in [2.24, 2.45) is 0 Å². The summed E-state index contributed by atoms with van der Waals surface area (Å²) in [5.74, 6) is 0.128. The molecule has 2 aromatic carbocycles. The van der Waals surface area contributed by atoms with Crippen molar-refractivity contribution < 1.29 is 19.1 Å². The number of anilines is 1. The topological polar surface area (TPSA) is 116 Å². The highest BCUT2D eigenvalue weighted by molar-refractivity contribution is 6.35. The number of aromatic nitrogens is 1. The van der Waals surface area contributed by atoms with Gasteiger partial charge in [0.1, 0.15) is 5.75 Å². The van der Waals surface area contributed by atoms with Gasteiger partial charge in [-0.1, -0.05) is 12.1 Å². The van der Waals surface area contributed by atoms with Gasteiger partial charge in [0.05, 0.1) is 24.3 Å². The van der Waals surface area contributed by atoms with Gasteiger partial charge in [-0.3, -0.25) is 14.4 Å². The molecule has 0 spiro atoms. The largest absolute Gasteiger partial charge is 0.497 e. The van der Waals surface area contributed by atoms with E-state index < -0.39 is 0 Å². The maximum atomic E-state index is 13.1. The van der Waals surface area contributed by atoms with Crippen LogP contribution in [0.2, 0.25) is 0 Å². The average Bonchev–Trinajstić information content (AvgIpc) is 3.66. The molecule has 2 aliphatic heterocycles. The normalized spacial score (nSPS) is 16.4. The molecular weight excluding hydrogens is 518 g/mol. The molecule has 4 N–H and O–H groups in total. The number of carbonyl (C=O) groups is 3. The number of aryl methyl sites for hydroxylation is 1. The van der Waals surface area contributed by atoms with E-state index in [1.54, 1.807) is 31.4 Å². The van der Waals surface area contributed by atoms with Crippen molar-refractivity contribution in [3.63, 3.8) is 0 Å². The Hall–Kier alpha value is -4.37. The third kappa shape index (κ3) is 6.05. The Morgan fingerprint density at radius 2 is 1.80 bits per heavy atom. The number of rotatable bonds is 9. The fourth-order valence-electron chi connectivity index (χ4n) is 5.55. The van der Waals surface area contributed by atoms with E-state index in [2.05, 4.69) is 25.8 Å². The molecule has 0 aliphatic carbocycles. The number of H-pyrrole nitrogens is 1. The molecule has 9 heteroatoms. The summed E-state index contributed by atoms with van der Waals surface area (Å²) < 4.78 is 5.21. The first kappa shape index (κ1) is 28.2. The van der Waals surface area contributed by atoms with Crippen LogP contribution in [-0.2, 0) is 4.79 Å². The molecule has 5 rings (SSSR count). The summed E-state index contributed by atoms with van der Waals surface area (Å²) in [5.41, 5.74) is 5.92. The predicted molar refractivity (Wildman–Crippen MR) is 160 cm³/mol. The number of methoxy groups -OCH3 is 1. The number of nitrogens with one attached hydrogen (secondary N) is 4. The molecule has 1 atom stereocenters. The number of fused-ring (bicyclic) bond motifs is 1. The average molecular weight is 556 g/mol. The van der Waals surface area contributed by atoms with Crippen LogP contribution in [0.3, 0.4) is 0 Å². The Morgan fingerprint density at radius 3 is 2.51 bits per heavy atom. The summed E-state index contributed by atoms with van der Waals surface area (Å²) in [6, 6.07) is 12.5. The molecule has 41 heavy (non-hydrogen) atoms. The third-order valence-corrected chi connectivity index (χ3v) is 7.93. The first-order valence-electron chi connectivity index (χ1n) is 14.1. The second-order valence-corrected chi connectivity index (χ2v) is 10.7. The number of carbonyl (C=O) groups excluding carboxylic acids is 3. The number of aromatic amines is 1. The predicted octanol–water partition coefficient (Wildman–Crippen LogP) is 4.45. The monoisotopic (exact) mass is 555 g/mol. The fourth-order valence-corrected chi connectivity index (χ4v) is 5.55. The van der Waals surface area contributed by atoms with Crippen LogP contribution in [0.1, 0.15) is 74.6 Å². The first-order valence-corrected chi connectivity index (χ1v) is 14.1. The van der Waals surface area contributed by atoms with Crippen molar-refractivity contribution in [1.82, 2.24) is 20.5 Å². The number of hydrogen-bond donors (Lipinski definition) is 4. The summed E-state index contributed by atoms with van der Waals surface area (Å²) in [6.07, 6.45) is 4.19. The van der Waals surface area contributed by atoms with Crippen LogP contribution in [0.4, 0.5) is 5.69 Å². The van der Waals surface area contributed by atoms with E-state index in [1.165, 1.54) is 12.8 Å². The molecule has 1 unspecified atom stereocenters. The van der Waals surface area contributed by atoms with Gasteiger partial charge in [-0.2, -0.15) is 0 Å². The molecule has 2 aliphatic rings. The molecule has 1 saturated heterocycles. The second kappa shape index (κ2) is 12.0. The Labute approximate surface area is 240 Å². The summed E-state index contributed by atoms with van der Waals surface area (Å²) in [4.78, 5) is 44.7. The SMILES string of the molecule is COc1ccc(C(C)NC(=O)c2ccc3c(c2)C(=Cc2[nH]c(C)c(C(=O)NCCN4CCCC4)c2C)C(=O)N3)cc1. The molecule has 9 nitrogen and oxygen atoms in total. The fraction of sp³-hybridized carbons (Fsp3) is 0.344. The van der Waals surface area contributed by atoms with E-state index in [-0.39, 0.29) is 23.8 Å². The lowest BCUT2D eigenvalue weighted by Crippen LogP contribution is -2.33. The Balaban J connectivity index is 1.32. The minimum Gasteiger partial charge on any atom is -0.497 e. The van der Waals surface area contributed by atoms with E-state index in [4.69, 9.17) is 4.74 Å². The summed E-state index contributed by atoms with van der Waals surface area (Å²) in [6.45, 7) is 9.27. The van der Waals surface area contributed by atoms with Gasteiger partial charge in [-0.15, -0.1) is 0 Å². The lowest BCUT2D eigenvalue weighted by molar-refractivity contribution is -0.110. The number of hydrogen-bond acceptors (Lipinski definition) is 5. The highest BCUT2D eigenvalue weighted by Crippen LogP contribution is 2.35. The molecule has 1 aromatic heterocycles. The zero-order chi connectivity index (χ0) is 29.1. The molecule has 0 saturated carbocycles. The minimum absolute atomic E-state index is 0.124. The lowest BCUT2D eigenvalue weighted by atomic mass is 10.0. The van der Waals surface area contributed by atoms with Crippen LogP contribution in [0.25, 0.3) is 11.6 Å². The highest BCUT2D eigenvalue weighted by Gasteiger charge is 2.27. The number of nitrogens with zero attached hydrogens (tertiary/aromatic N) is 1. The number of benzene rings is 2. The maximum absolute atomic E-state index is 13.1. The second-order valence-electron chi connectivity index (χ2n) is 10.7. The Morgan fingerprint density at radius 1 is 1.07 bits per heavy atom. The molecule has 3 heterocycles. The zero-order valence-corrected chi connectivity index (χ0v) is 24.0. The maximum Gasteiger partial charge on any atom is 0.256 e. The molecular formula is C32H37N5O4. The smallest absolute Gasteiger partial charge is 0.256 e. The molecule has 0 radical (unpaired) electrons. The first-order chi connectivity index (χ1) is 19.7. The van der Waals surface area contributed by atoms with E-state index in [0.29, 0.717) is 40.2 Å². The van der Waals surface area contributed by atoms with Crippen molar-refractivity contribution >= 4 is 35.1 Å². The van der Waals surface area contributed by atoms with Crippen LogP contribution < -0.4 is 20.7 Å². The van der Waals surface area contributed by atoms with Crippen LogP contribution >= 0.6 is 0 Å². The van der Waals surface area contributed by atoms with E-state index in [9.17, 15) is 14.4 Å². The van der Waals surface area contributed by atoms with Crippen molar-refractivity contribution in [1.29, 1.82) is 0 Å². The van der Waals surface area contributed by atoms with Crippen LogP contribution in [0, 0.1) is 13.8 Å².